The molecule has 0 saturated carbocycles. The van der Waals surface area contributed by atoms with E-state index >= 15 is 0 Å². The summed E-state index contributed by atoms with van der Waals surface area (Å²) < 4.78 is 10.5. The van der Waals surface area contributed by atoms with Crippen molar-refractivity contribution in [2.24, 2.45) is 0 Å². The summed E-state index contributed by atoms with van der Waals surface area (Å²) in [5.41, 5.74) is 1.24. The third-order valence-electron chi connectivity index (χ3n) is 4.36. The lowest BCUT2D eigenvalue weighted by Crippen LogP contribution is -2.52. The SMILES string of the molecule is COC(CC1CCCC(C(=O)NCCc2ccccc2)N1)OC. The predicted molar refractivity (Wildman–Crippen MR) is 90.1 cm³/mol. The Kier molecular flexibility index (Phi) is 7.52. The molecule has 0 aromatic heterocycles. The number of ether oxygens (including phenoxy) is 2. The monoisotopic (exact) mass is 320 g/mol. The van der Waals surface area contributed by atoms with Crippen LogP contribution in [0.25, 0.3) is 0 Å². The molecule has 1 aliphatic rings. The Hall–Kier alpha value is -1.43. The minimum atomic E-state index is -0.215. The van der Waals surface area contributed by atoms with E-state index in [4.69, 9.17) is 9.47 Å². The maximum Gasteiger partial charge on any atom is 0.237 e. The number of carbonyl (C=O) groups is 1. The van der Waals surface area contributed by atoms with E-state index in [2.05, 4.69) is 22.8 Å². The molecule has 1 fully saturated rings. The summed E-state index contributed by atoms with van der Waals surface area (Å²) in [6.45, 7) is 0.671. The van der Waals surface area contributed by atoms with E-state index in [1.165, 1.54) is 5.56 Å². The number of rotatable bonds is 8. The fourth-order valence-corrected chi connectivity index (χ4v) is 3.03. The zero-order valence-electron chi connectivity index (χ0n) is 14.1. The highest BCUT2D eigenvalue weighted by molar-refractivity contribution is 5.81. The normalized spacial score (nSPS) is 21.3. The minimum Gasteiger partial charge on any atom is -0.356 e. The van der Waals surface area contributed by atoms with Crippen LogP contribution in [0.1, 0.15) is 31.2 Å². The molecule has 2 atom stereocenters. The first-order chi connectivity index (χ1) is 11.2. The van der Waals surface area contributed by atoms with E-state index in [1.54, 1.807) is 14.2 Å². The topological polar surface area (TPSA) is 59.6 Å². The van der Waals surface area contributed by atoms with Gasteiger partial charge in [-0.1, -0.05) is 30.3 Å². The largest absolute Gasteiger partial charge is 0.356 e. The minimum absolute atomic E-state index is 0.0945. The Labute approximate surface area is 138 Å². The van der Waals surface area contributed by atoms with Gasteiger partial charge >= 0.3 is 0 Å². The van der Waals surface area contributed by atoms with Crippen molar-refractivity contribution in [2.75, 3.05) is 20.8 Å². The third-order valence-corrected chi connectivity index (χ3v) is 4.36. The number of hydrogen-bond donors (Lipinski definition) is 2. The fraction of sp³-hybridized carbons (Fsp3) is 0.611. The lowest BCUT2D eigenvalue weighted by molar-refractivity contribution is -0.126. The van der Waals surface area contributed by atoms with Crippen LogP contribution in [0.5, 0.6) is 0 Å². The summed E-state index contributed by atoms with van der Waals surface area (Å²) in [4.78, 5) is 12.3. The number of benzene rings is 1. The summed E-state index contributed by atoms with van der Waals surface area (Å²) >= 11 is 0. The number of carbonyl (C=O) groups excluding carboxylic acids is 1. The first-order valence-corrected chi connectivity index (χ1v) is 8.36. The van der Waals surface area contributed by atoms with Crippen molar-refractivity contribution in [3.8, 4) is 0 Å². The van der Waals surface area contributed by atoms with Crippen LogP contribution in [-0.4, -0.2) is 45.0 Å². The molecule has 0 spiro atoms. The first-order valence-electron chi connectivity index (χ1n) is 8.36. The molecule has 1 aromatic carbocycles. The number of hydrogen-bond acceptors (Lipinski definition) is 4. The van der Waals surface area contributed by atoms with E-state index in [0.717, 1.165) is 32.1 Å². The third kappa shape index (κ3) is 5.94. The van der Waals surface area contributed by atoms with Crippen molar-refractivity contribution in [3.63, 3.8) is 0 Å². The van der Waals surface area contributed by atoms with Gasteiger partial charge in [0, 0.05) is 33.2 Å². The van der Waals surface area contributed by atoms with Gasteiger partial charge in [0.25, 0.3) is 0 Å². The van der Waals surface area contributed by atoms with Gasteiger partial charge in [-0.15, -0.1) is 0 Å². The lowest BCUT2D eigenvalue weighted by Gasteiger charge is -2.31. The highest BCUT2D eigenvalue weighted by Crippen LogP contribution is 2.17. The lowest BCUT2D eigenvalue weighted by atomic mass is 9.95. The highest BCUT2D eigenvalue weighted by Gasteiger charge is 2.27. The van der Waals surface area contributed by atoms with E-state index in [0.29, 0.717) is 6.54 Å². The molecule has 2 rings (SSSR count). The molecule has 2 N–H and O–H groups in total. The van der Waals surface area contributed by atoms with Crippen LogP contribution in [-0.2, 0) is 20.7 Å². The average molecular weight is 320 g/mol. The molecule has 1 amide bonds. The molecule has 23 heavy (non-hydrogen) atoms. The van der Waals surface area contributed by atoms with Crippen molar-refractivity contribution in [2.45, 2.75) is 50.5 Å². The summed E-state index contributed by atoms with van der Waals surface area (Å²) in [5.74, 6) is 0.0945. The first kappa shape index (κ1) is 17.9. The number of piperidine rings is 1. The van der Waals surface area contributed by atoms with Crippen molar-refractivity contribution in [1.82, 2.24) is 10.6 Å². The summed E-state index contributed by atoms with van der Waals surface area (Å²) in [6.07, 6.45) is 4.40. The van der Waals surface area contributed by atoms with Crippen molar-refractivity contribution >= 4 is 5.91 Å². The Bertz CT molecular complexity index is 463. The molecule has 1 aromatic rings. The van der Waals surface area contributed by atoms with Gasteiger partial charge in [-0.05, 0) is 31.2 Å². The van der Waals surface area contributed by atoms with Gasteiger partial charge in [0.2, 0.25) is 5.91 Å². The van der Waals surface area contributed by atoms with Gasteiger partial charge in [0.05, 0.1) is 6.04 Å². The van der Waals surface area contributed by atoms with Gasteiger partial charge in [-0.2, -0.15) is 0 Å². The number of amides is 1. The maximum atomic E-state index is 12.3. The molecule has 5 heteroatoms. The Morgan fingerprint density at radius 2 is 2.00 bits per heavy atom. The van der Waals surface area contributed by atoms with Crippen molar-refractivity contribution in [3.05, 3.63) is 35.9 Å². The smallest absolute Gasteiger partial charge is 0.237 e. The molecule has 1 saturated heterocycles. The second-order valence-electron chi connectivity index (χ2n) is 6.01. The Morgan fingerprint density at radius 3 is 2.70 bits per heavy atom. The molecule has 1 aliphatic heterocycles. The van der Waals surface area contributed by atoms with Crippen LogP contribution in [0.3, 0.4) is 0 Å². The Balaban J connectivity index is 1.73. The van der Waals surface area contributed by atoms with Crippen LogP contribution in [0.2, 0.25) is 0 Å². The molecular formula is C18H28N2O3. The Morgan fingerprint density at radius 1 is 1.26 bits per heavy atom. The molecule has 1 heterocycles. The quantitative estimate of drug-likeness (QED) is 0.718. The zero-order chi connectivity index (χ0) is 16.5. The van der Waals surface area contributed by atoms with Crippen LogP contribution < -0.4 is 10.6 Å². The molecular weight excluding hydrogens is 292 g/mol. The predicted octanol–water partition coefficient (Wildman–Crippen LogP) is 1.86. The van der Waals surface area contributed by atoms with Gasteiger partial charge in [0.15, 0.2) is 6.29 Å². The van der Waals surface area contributed by atoms with Crippen LogP contribution in [0.15, 0.2) is 30.3 Å². The van der Waals surface area contributed by atoms with Gasteiger partial charge in [-0.3, -0.25) is 4.79 Å². The average Bonchev–Trinajstić information content (AvgIpc) is 2.60. The summed E-state index contributed by atoms with van der Waals surface area (Å²) in [6, 6.07) is 10.4. The second-order valence-corrected chi connectivity index (χ2v) is 6.01. The van der Waals surface area contributed by atoms with Gasteiger partial charge < -0.3 is 20.1 Å². The molecule has 0 bridgehead atoms. The molecule has 128 valence electrons. The van der Waals surface area contributed by atoms with Crippen molar-refractivity contribution in [1.29, 1.82) is 0 Å². The molecule has 5 nitrogen and oxygen atoms in total. The standard InChI is InChI=1S/C18H28N2O3/c1-22-17(23-2)13-15-9-6-10-16(20-15)18(21)19-12-11-14-7-4-3-5-8-14/h3-5,7-8,15-17,20H,6,9-13H2,1-2H3,(H,19,21). The molecule has 0 aliphatic carbocycles. The number of methoxy groups -OCH3 is 2. The summed E-state index contributed by atoms with van der Waals surface area (Å²) in [5, 5.41) is 6.47. The van der Waals surface area contributed by atoms with Gasteiger partial charge in [0.1, 0.15) is 0 Å². The fourth-order valence-electron chi connectivity index (χ4n) is 3.03. The second kappa shape index (κ2) is 9.65. The maximum absolute atomic E-state index is 12.3. The highest BCUT2D eigenvalue weighted by atomic mass is 16.7. The van der Waals surface area contributed by atoms with Crippen LogP contribution in [0, 0.1) is 0 Å². The van der Waals surface area contributed by atoms with E-state index in [1.807, 2.05) is 18.2 Å². The van der Waals surface area contributed by atoms with E-state index < -0.39 is 0 Å². The molecule has 0 radical (unpaired) electrons. The van der Waals surface area contributed by atoms with Crippen LogP contribution in [0.4, 0.5) is 0 Å². The zero-order valence-corrected chi connectivity index (χ0v) is 14.1. The molecule has 2 unspecified atom stereocenters. The van der Waals surface area contributed by atoms with E-state index in [-0.39, 0.29) is 24.3 Å². The van der Waals surface area contributed by atoms with Gasteiger partial charge in [-0.25, -0.2) is 0 Å². The summed E-state index contributed by atoms with van der Waals surface area (Å²) in [7, 11) is 3.29. The van der Waals surface area contributed by atoms with E-state index in [9.17, 15) is 4.79 Å². The number of nitrogens with one attached hydrogen (secondary N) is 2. The van der Waals surface area contributed by atoms with Crippen LogP contribution >= 0.6 is 0 Å². The van der Waals surface area contributed by atoms with Crippen molar-refractivity contribution < 1.29 is 14.3 Å².